The van der Waals surface area contributed by atoms with Gasteiger partial charge in [-0.15, -0.1) is 0 Å². The van der Waals surface area contributed by atoms with Crippen LogP contribution in [0.15, 0.2) is 83.3 Å². The van der Waals surface area contributed by atoms with Crippen LogP contribution in [0.1, 0.15) is 22.9 Å². The van der Waals surface area contributed by atoms with Gasteiger partial charge in [-0.2, -0.15) is 0 Å². The summed E-state index contributed by atoms with van der Waals surface area (Å²) < 4.78 is 1.08. The van der Waals surface area contributed by atoms with Crippen LogP contribution >= 0.6 is 27.5 Å². The molecule has 0 aliphatic carbocycles. The zero-order valence-electron chi connectivity index (χ0n) is 15.9. The van der Waals surface area contributed by atoms with Gasteiger partial charge in [-0.05, 0) is 66.1 Å². The molecule has 5 rings (SSSR count). The van der Waals surface area contributed by atoms with Gasteiger partial charge < -0.3 is 4.90 Å². The van der Waals surface area contributed by atoms with Crippen molar-refractivity contribution >= 4 is 44.1 Å². The summed E-state index contributed by atoms with van der Waals surface area (Å²) in [5.41, 5.74) is 6.19. The Labute approximate surface area is 184 Å². The largest absolute Gasteiger partial charge is 0.364 e. The van der Waals surface area contributed by atoms with E-state index in [1.807, 2.05) is 12.1 Å². The fourth-order valence-corrected chi connectivity index (χ4v) is 4.77. The quantitative estimate of drug-likeness (QED) is 0.325. The van der Waals surface area contributed by atoms with Crippen molar-refractivity contribution in [3.8, 4) is 0 Å². The molecular weight excluding hydrogens is 444 g/mol. The summed E-state index contributed by atoms with van der Waals surface area (Å²) in [6.45, 7) is 0.990. The number of fused-ring (bicyclic) bond motifs is 2. The standard InChI is InChI=1S/C25H20BrClN2/c26-19-6-12-24-18(15-19)5-9-21(28-24)16-25-23-4-2-1-3-17(23)13-14-29(25)22-10-7-20(27)8-11-22/h1-12,15,25H,13-14,16H2. The summed E-state index contributed by atoms with van der Waals surface area (Å²) in [4.78, 5) is 7.45. The Kier molecular flexibility index (Phi) is 5.03. The van der Waals surface area contributed by atoms with E-state index in [0.29, 0.717) is 0 Å². The first-order chi connectivity index (χ1) is 14.2. The van der Waals surface area contributed by atoms with Gasteiger partial charge in [0.1, 0.15) is 0 Å². The van der Waals surface area contributed by atoms with Crippen LogP contribution in [0.5, 0.6) is 0 Å². The third-order valence-corrected chi connectivity index (χ3v) is 6.43. The minimum atomic E-state index is 0.251. The predicted molar refractivity (Wildman–Crippen MR) is 125 cm³/mol. The number of benzene rings is 3. The van der Waals surface area contributed by atoms with Crippen molar-refractivity contribution in [1.29, 1.82) is 0 Å². The summed E-state index contributed by atoms with van der Waals surface area (Å²) in [7, 11) is 0. The van der Waals surface area contributed by atoms with Gasteiger partial charge in [0.15, 0.2) is 0 Å². The number of pyridine rings is 1. The Bertz CT molecular complexity index is 1170. The first-order valence-electron chi connectivity index (χ1n) is 9.82. The van der Waals surface area contributed by atoms with Crippen LogP contribution in [0.3, 0.4) is 0 Å². The lowest BCUT2D eigenvalue weighted by Crippen LogP contribution is -2.36. The molecule has 0 fully saturated rings. The van der Waals surface area contributed by atoms with E-state index in [9.17, 15) is 0 Å². The smallest absolute Gasteiger partial charge is 0.0706 e. The van der Waals surface area contributed by atoms with E-state index in [1.165, 1.54) is 16.8 Å². The average Bonchev–Trinajstić information content (AvgIpc) is 2.75. The normalized spacial score (nSPS) is 16.1. The van der Waals surface area contributed by atoms with Gasteiger partial charge in [0.05, 0.1) is 11.6 Å². The maximum atomic E-state index is 6.13. The van der Waals surface area contributed by atoms with E-state index in [2.05, 4.69) is 87.6 Å². The van der Waals surface area contributed by atoms with Crippen molar-refractivity contribution in [3.63, 3.8) is 0 Å². The number of aromatic nitrogens is 1. The molecule has 0 amide bonds. The highest BCUT2D eigenvalue weighted by atomic mass is 79.9. The molecule has 1 aliphatic heterocycles. The van der Waals surface area contributed by atoms with Gasteiger partial charge in [-0.1, -0.05) is 57.9 Å². The molecule has 144 valence electrons. The molecule has 4 heteroatoms. The number of halogens is 2. The van der Waals surface area contributed by atoms with Gasteiger partial charge in [-0.25, -0.2) is 0 Å². The molecule has 1 unspecified atom stereocenters. The average molecular weight is 464 g/mol. The molecule has 1 aliphatic rings. The molecule has 1 aromatic heterocycles. The second-order valence-electron chi connectivity index (χ2n) is 7.48. The third kappa shape index (κ3) is 3.77. The van der Waals surface area contributed by atoms with Crippen molar-refractivity contribution in [2.45, 2.75) is 18.9 Å². The van der Waals surface area contributed by atoms with Crippen LogP contribution in [0.4, 0.5) is 5.69 Å². The zero-order chi connectivity index (χ0) is 19.8. The third-order valence-electron chi connectivity index (χ3n) is 5.68. The predicted octanol–water partition coefficient (Wildman–Crippen LogP) is 7.00. The number of rotatable bonds is 3. The maximum absolute atomic E-state index is 6.13. The van der Waals surface area contributed by atoms with E-state index >= 15 is 0 Å². The van der Waals surface area contributed by atoms with Crippen molar-refractivity contribution < 1.29 is 0 Å². The van der Waals surface area contributed by atoms with E-state index in [-0.39, 0.29) is 6.04 Å². The highest BCUT2D eigenvalue weighted by molar-refractivity contribution is 9.10. The molecule has 0 saturated carbocycles. The van der Waals surface area contributed by atoms with E-state index in [1.54, 1.807) is 0 Å². The summed E-state index contributed by atoms with van der Waals surface area (Å²) >= 11 is 9.68. The van der Waals surface area contributed by atoms with Crippen LogP contribution in [0.2, 0.25) is 5.02 Å². The molecule has 0 bridgehead atoms. The molecular formula is C25H20BrClN2. The minimum absolute atomic E-state index is 0.251. The molecule has 0 saturated heterocycles. The fourth-order valence-electron chi connectivity index (χ4n) is 4.26. The van der Waals surface area contributed by atoms with Crippen LogP contribution in [-0.2, 0) is 12.8 Å². The van der Waals surface area contributed by atoms with Crippen molar-refractivity contribution in [1.82, 2.24) is 4.98 Å². The molecule has 2 nitrogen and oxygen atoms in total. The summed E-state index contributed by atoms with van der Waals surface area (Å²) in [5, 5.41) is 1.92. The fraction of sp³-hybridized carbons (Fsp3) is 0.160. The van der Waals surface area contributed by atoms with E-state index in [0.717, 1.165) is 45.5 Å². The SMILES string of the molecule is Clc1ccc(N2CCc3ccccc3C2Cc2ccc3cc(Br)ccc3n2)cc1. The molecule has 0 spiro atoms. The van der Waals surface area contributed by atoms with Gasteiger partial charge >= 0.3 is 0 Å². The maximum Gasteiger partial charge on any atom is 0.0706 e. The van der Waals surface area contributed by atoms with Crippen molar-refractivity contribution in [2.75, 3.05) is 11.4 Å². The van der Waals surface area contributed by atoms with Crippen LogP contribution in [0.25, 0.3) is 10.9 Å². The monoisotopic (exact) mass is 462 g/mol. The lowest BCUT2D eigenvalue weighted by Gasteiger charge is -2.39. The first-order valence-corrected chi connectivity index (χ1v) is 11.0. The Hall–Kier alpha value is -2.36. The topological polar surface area (TPSA) is 16.1 Å². The second kappa shape index (κ2) is 7.81. The zero-order valence-corrected chi connectivity index (χ0v) is 18.2. The van der Waals surface area contributed by atoms with Crippen LogP contribution in [0, 0.1) is 0 Å². The van der Waals surface area contributed by atoms with Crippen LogP contribution in [-0.4, -0.2) is 11.5 Å². The van der Waals surface area contributed by atoms with Gasteiger partial charge in [0.2, 0.25) is 0 Å². The Morgan fingerprint density at radius 3 is 2.66 bits per heavy atom. The summed E-state index contributed by atoms with van der Waals surface area (Å²) in [5.74, 6) is 0. The number of hydrogen-bond acceptors (Lipinski definition) is 2. The highest BCUT2D eigenvalue weighted by Gasteiger charge is 2.28. The molecule has 0 N–H and O–H groups in total. The molecule has 1 atom stereocenters. The molecule has 4 aromatic rings. The van der Waals surface area contributed by atoms with E-state index < -0.39 is 0 Å². The summed E-state index contributed by atoms with van der Waals surface area (Å²) in [6, 6.07) is 27.8. The Balaban J connectivity index is 1.55. The number of anilines is 1. The first kappa shape index (κ1) is 18.7. The van der Waals surface area contributed by atoms with E-state index in [4.69, 9.17) is 16.6 Å². The summed E-state index contributed by atoms with van der Waals surface area (Å²) in [6.07, 6.45) is 1.92. The molecule has 2 heterocycles. The van der Waals surface area contributed by atoms with Gasteiger partial charge in [-0.3, -0.25) is 4.98 Å². The lowest BCUT2D eigenvalue weighted by atomic mass is 9.89. The number of nitrogens with zero attached hydrogens (tertiary/aromatic N) is 2. The highest BCUT2D eigenvalue weighted by Crippen LogP contribution is 2.36. The second-order valence-corrected chi connectivity index (χ2v) is 8.83. The number of hydrogen-bond donors (Lipinski definition) is 0. The van der Waals surface area contributed by atoms with Crippen LogP contribution < -0.4 is 4.90 Å². The van der Waals surface area contributed by atoms with Crippen molar-refractivity contribution in [3.05, 3.63) is 105 Å². The minimum Gasteiger partial charge on any atom is -0.364 e. The molecule has 3 aromatic carbocycles. The van der Waals surface area contributed by atoms with Crippen molar-refractivity contribution in [2.24, 2.45) is 0 Å². The molecule has 0 radical (unpaired) electrons. The lowest BCUT2D eigenvalue weighted by molar-refractivity contribution is 0.574. The Morgan fingerprint density at radius 1 is 0.966 bits per heavy atom. The van der Waals surface area contributed by atoms with Gasteiger partial charge in [0, 0.05) is 39.2 Å². The Morgan fingerprint density at radius 2 is 1.79 bits per heavy atom. The van der Waals surface area contributed by atoms with Gasteiger partial charge in [0.25, 0.3) is 0 Å². The molecule has 29 heavy (non-hydrogen) atoms.